The summed E-state index contributed by atoms with van der Waals surface area (Å²) in [5.41, 5.74) is 7.23. The molecule has 2 nitrogen and oxygen atoms in total. The third-order valence-corrected chi connectivity index (χ3v) is 6.64. The average Bonchev–Trinajstić information content (AvgIpc) is 3.34. The maximum atomic E-state index is 2.32. The van der Waals surface area contributed by atoms with Crippen LogP contribution in [0.25, 0.3) is 27.5 Å². The van der Waals surface area contributed by atoms with Crippen LogP contribution >= 0.6 is 0 Å². The van der Waals surface area contributed by atoms with Crippen molar-refractivity contribution < 1.29 is 0 Å². The van der Waals surface area contributed by atoms with Crippen LogP contribution < -0.4 is 4.90 Å². The van der Waals surface area contributed by atoms with Gasteiger partial charge in [-0.25, -0.2) is 0 Å². The van der Waals surface area contributed by atoms with Gasteiger partial charge in [0.15, 0.2) is 0 Å². The van der Waals surface area contributed by atoms with Gasteiger partial charge in [0.25, 0.3) is 0 Å². The molecule has 0 saturated heterocycles. The second-order valence-corrected chi connectivity index (χ2v) is 9.05. The summed E-state index contributed by atoms with van der Waals surface area (Å²) in [7, 11) is 0. The SMILES string of the molecule is c1ccc(-n2c3ccccc3c3ccccc32)cc1.c1ccc(N(c2ccccc2)c2ccccc2)cc1. The lowest BCUT2D eigenvalue weighted by Gasteiger charge is -2.25. The van der Waals surface area contributed by atoms with Crippen LogP contribution in [0.4, 0.5) is 17.1 Å². The fourth-order valence-corrected chi connectivity index (χ4v) is 4.96. The number of nitrogens with zero attached hydrogens (tertiary/aromatic N) is 2. The van der Waals surface area contributed by atoms with Crippen LogP contribution in [-0.2, 0) is 0 Å². The number of hydrogen-bond donors (Lipinski definition) is 0. The number of benzene rings is 6. The second-order valence-electron chi connectivity index (χ2n) is 9.05. The maximum Gasteiger partial charge on any atom is 0.0541 e. The van der Waals surface area contributed by atoms with Gasteiger partial charge in [0.05, 0.1) is 11.0 Å². The molecule has 0 atom stereocenters. The normalized spacial score (nSPS) is 10.6. The smallest absolute Gasteiger partial charge is 0.0541 e. The van der Waals surface area contributed by atoms with E-state index in [1.807, 2.05) is 18.2 Å². The Balaban J connectivity index is 0.000000139. The second kappa shape index (κ2) is 10.9. The minimum atomic E-state index is 1.17. The molecule has 0 aliphatic heterocycles. The highest BCUT2D eigenvalue weighted by Gasteiger charge is 2.11. The molecule has 0 aliphatic carbocycles. The topological polar surface area (TPSA) is 8.17 Å². The number of fused-ring (bicyclic) bond motifs is 3. The largest absolute Gasteiger partial charge is 0.311 e. The zero-order chi connectivity index (χ0) is 25.6. The molecule has 2 heteroatoms. The van der Waals surface area contributed by atoms with Crippen LogP contribution in [0.3, 0.4) is 0 Å². The highest BCUT2D eigenvalue weighted by Crippen LogP contribution is 2.34. The predicted octanol–water partition coefficient (Wildman–Crippen LogP) is 9.94. The Kier molecular flexibility index (Phi) is 6.69. The van der Waals surface area contributed by atoms with Crippen LogP contribution in [0, 0.1) is 0 Å². The van der Waals surface area contributed by atoms with E-state index in [-0.39, 0.29) is 0 Å². The molecule has 0 spiro atoms. The monoisotopic (exact) mass is 488 g/mol. The highest BCUT2D eigenvalue weighted by molar-refractivity contribution is 6.09. The van der Waals surface area contributed by atoms with E-state index < -0.39 is 0 Å². The first-order valence-electron chi connectivity index (χ1n) is 12.9. The van der Waals surface area contributed by atoms with E-state index >= 15 is 0 Å². The zero-order valence-corrected chi connectivity index (χ0v) is 21.1. The Bertz CT molecular complexity index is 1590. The van der Waals surface area contributed by atoms with Crippen molar-refractivity contribution in [3.8, 4) is 5.69 Å². The summed E-state index contributed by atoms with van der Waals surface area (Å²) in [4.78, 5) is 2.25. The average molecular weight is 489 g/mol. The molecular formula is C36H28N2. The van der Waals surface area contributed by atoms with Gasteiger partial charge >= 0.3 is 0 Å². The first-order chi connectivity index (χ1) is 18.9. The quantitative estimate of drug-likeness (QED) is 0.239. The van der Waals surface area contributed by atoms with Crippen LogP contribution in [0.5, 0.6) is 0 Å². The molecule has 0 unspecified atom stereocenters. The summed E-state index contributed by atoms with van der Waals surface area (Å²) in [6.07, 6.45) is 0. The molecule has 1 aromatic heterocycles. The first kappa shape index (κ1) is 23.3. The lowest BCUT2D eigenvalue weighted by Crippen LogP contribution is -2.09. The van der Waals surface area contributed by atoms with Gasteiger partial charge in [0.1, 0.15) is 0 Å². The van der Waals surface area contributed by atoms with Gasteiger partial charge < -0.3 is 9.47 Å². The van der Waals surface area contributed by atoms with Crippen molar-refractivity contribution in [2.45, 2.75) is 0 Å². The maximum absolute atomic E-state index is 2.32. The minimum Gasteiger partial charge on any atom is -0.311 e. The van der Waals surface area contributed by atoms with E-state index in [9.17, 15) is 0 Å². The summed E-state index contributed by atoms with van der Waals surface area (Å²) in [6.45, 7) is 0. The van der Waals surface area contributed by atoms with E-state index in [2.05, 4.69) is 161 Å². The molecule has 0 saturated carbocycles. The van der Waals surface area contributed by atoms with Gasteiger partial charge in [0.2, 0.25) is 0 Å². The summed E-state index contributed by atoms with van der Waals surface area (Å²) >= 11 is 0. The predicted molar refractivity (Wildman–Crippen MR) is 162 cm³/mol. The van der Waals surface area contributed by atoms with Crippen molar-refractivity contribution in [3.63, 3.8) is 0 Å². The lowest BCUT2D eigenvalue weighted by molar-refractivity contribution is 1.18. The molecule has 0 bridgehead atoms. The van der Waals surface area contributed by atoms with Crippen molar-refractivity contribution in [2.75, 3.05) is 4.90 Å². The molecule has 0 fully saturated rings. The number of aromatic nitrogens is 1. The molecule has 0 N–H and O–H groups in total. The van der Waals surface area contributed by atoms with Gasteiger partial charge in [0, 0.05) is 33.5 Å². The molecule has 182 valence electrons. The molecule has 7 aromatic rings. The Morgan fingerprint density at radius 1 is 0.316 bits per heavy atom. The van der Waals surface area contributed by atoms with Crippen molar-refractivity contribution in [1.82, 2.24) is 4.57 Å². The van der Waals surface area contributed by atoms with Crippen LogP contribution in [-0.4, -0.2) is 4.57 Å². The van der Waals surface area contributed by atoms with Crippen molar-refractivity contribution >= 4 is 38.9 Å². The number of hydrogen-bond acceptors (Lipinski definition) is 1. The van der Waals surface area contributed by atoms with E-state index in [0.717, 1.165) is 0 Å². The number of anilines is 3. The third-order valence-electron chi connectivity index (χ3n) is 6.64. The minimum absolute atomic E-state index is 1.17. The van der Waals surface area contributed by atoms with Crippen LogP contribution in [0.2, 0.25) is 0 Å². The summed E-state index contributed by atoms with van der Waals surface area (Å²) in [5, 5.41) is 2.61. The van der Waals surface area contributed by atoms with Gasteiger partial charge in [-0.3, -0.25) is 0 Å². The molecule has 38 heavy (non-hydrogen) atoms. The van der Waals surface area contributed by atoms with E-state index in [0.29, 0.717) is 0 Å². The van der Waals surface area contributed by atoms with Gasteiger partial charge in [-0.05, 0) is 60.7 Å². The van der Waals surface area contributed by atoms with Gasteiger partial charge in [-0.15, -0.1) is 0 Å². The Labute approximate surface area is 223 Å². The molecule has 1 heterocycles. The Morgan fingerprint density at radius 2 is 0.632 bits per heavy atom. The third kappa shape index (κ3) is 4.68. The fourth-order valence-electron chi connectivity index (χ4n) is 4.96. The van der Waals surface area contributed by atoms with Crippen LogP contribution in [0.15, 0.2) is 170 Å². The van der Waals surface area contributed by atoms with Crippen molar-refractivity contribution in [3.05, 3.63) is 170 Å². The Hall–Kier alpha value is -5.08. The summed E-state index contributed by atoms with van der Waals surface area (Å²) < 4.78 is 2.32. The van der Waals surface area contributed by atoms with Gasteiger partial charge in [-0.2, -0.15) is 0 Å². The standard InChI is InChI=1S/C18H13N.C18H15N/c1-2-8-14(9-3-1)19-17-12-6-4-10-15(17)16-11-5-7-13-18(16)19;1-4-10-16(11-5-1)19(17-12-6-2-7-13-17)18-14-8-3-9-15-18/h1-13H;1-15H. The van der Waals surface area contributed by atoms with Crippen LogP contribution in [0.1, 0.15) is 0 Å². The van der Waals surface area contributed by atoms with E-state index in [1.54, 1.807) is 0 Å². The molecular weight excluding hydrogens is 460 g/mol. The molecule has 6 aromatic carbocycles. The lowest BCUT2D eigenvalue weighted by atomic mass is 10.2. The fraction of sp³-hybridized carbons (Fsp3) is 0. The van der Waals surface area contributed by atoms with Crippen molar-refractivity contribution in [2.24, 2.45) is 0 Å². The molecule has 0 aliphatic rings. The first-order valence-corrected chi connectivity index (χ1v) is 12.9. The number of para-hydroxylation sites is 6. The molecule has 7 rings (SSSR count). The van der Waals surface area contributed by atoms with E-state index in [4.69, 9.17) is 0 Å². The Morgan fingerprint density at radius 3 is 1.03 bits per heavy atom. The highest BCUT2D eigenvalue weighted by atomic mass is 15.1. The molecule has 0 radical (unpaired) electrons. The summed E-state index contributed by atoms with van der Waals surface area (Å²) in [6, 6.07) is 58.9. The van der Waals surface area contributed by atoms with Crippen molar-refractivity contribution in [1.29, 1.82) is 0 Å². The van der Waals surface area contributed by atoms with E-state index in [1.165, 1.54) is 44.6 Å². The van der Waals surface area contributed by atoms with Gasteiger partial charge in [-0.1, -0.05) is 109 Å². The number of rotatable bonds is 4. The summed E-state index contributed by atoms with van der Waals surface area (Å²) in [5.74, 6) is 0. The zero-order valence-electron chi connectivity index (χ0n) is 21.1. The molecule has 0 amide bonds.